The van der Waals surface area contributed by atoms with Crippen LogP contribution in [-0.2, 0) is 15.8 Å². The number of hydrogen-bond acceptors (Lipinski definition) is 3. The largest absolute Gasteiger partial charge is 0.416 e. The fraction of sp³-hybridized carbons (Fsp3) is 0.636. The van der Waals surface area contributed by atoms with Gasteiger partial charge in [0.25, 0.3) is 0 Å². The Morgan fingerprint density at radius 2 is 1.80 bits per heavy atom. The first-order valence-electron chi connectivity index (χ1n) is 10.7. The highest BCUT2D eigenvalue weighted by Crippen LogP contribution is 2.43. The number of nitrogens with zero attached hydrogens (tertiary/aromatic N) is 2. The lowest BCUT2D eigenvalue weighted by Crippen LogP contribution is -2.55. The first-order chi connectivity index (χ1) is 14.2. The molecule has 164 valence electrons. The van der Waals surface area contributed by atoms with Crippen molar-refractivity contribution in [2.45, 2.75) is 56.7 Å². The molecule has 3 aliphatic rings. The van der Waals surface area contributed by atoms with Crippen LogP contribution in [0.15, 0.2) is 24.3 Å². The molecule has 5 nitrogen and oxygen atoms in total. The van der Waals surface area contributed by atoms with Crippen molar-refractivity contribution in [1.82, 2.24) is 4.90 Å². The summed E-state index contributed by atoms with van der Waals surface area (Å²) in [5.74, 6) is -0.299. The molecule has 1 saturated carbocycles. The first-order valence-corrected chi connectivity index (χ1v) is 10.7. The molecule has 2 amide bonds. The SMILES string of the molecule is O=C1CCCCN1CC1(O)CCC2CCN(c3ccc(C(F)(F)F)cc3)C(=O)C2C1. The van der Waals surface area contributed by atoms with E-state index >= 15 is 0 Å². The average molecular weight is 424 g/mol. The van der Waals surface area contributed by atoms with Crippen LogP contribution in [0.1, 0.15) is 50.5 Å². The summed E-state index contributed by atoms with van der Waals surface area (Å²) < 4.78 is 38.5. The standard InChI is InChI=1S/C22H27F3N2O3/c23-22(24,25)16-4-6-17(7-5-16)27-12-9-15-8-10-21(30,13-18(15)20(27)29)14-26-11-2-1-3-19(26)28/h4-7,15,18,30H,1-3,8-14H2. The summed E-state index contributed by atoms with van der Waals surface area (Å²) in [6.07, 6.45) is 0.215. The van der Waals surface area contributed by atoms with E-state index in [1.807, 2.05) is 0 Å². The van der Waals surface area contributed by atoms with Crippen LogP contribution in [0.3, 0.4) is 0 Å². The average Bonchev–Trinajstić information content (AvgIpc) is 2.70. The Morgan fingerprint density at radius 1 is 1.07 bits per heavy atom. The number of rotatable bonds is 3. The number of aliphatic hydroxyl groups is 1. The number of anilines is 1. The lowest BCUT2D eigenvalue weighted by Gasteiger charge is -2.47. The van der Waals surface area contributed by atoms with Crippen LogP contribution in [0.5, 0.6) is 0 Å². The predicted molar refractivity (Wildman–Crippen MR) is 105 cm³/mol. The maximum absolute atomic E-state index is 13.2. The Bertz CT molecular complexity index is 811. The third-order valence-corrected chi connectivity index (χ3v) is 6.87. The van der Waals surface area contributed by atoms with Gasteiger partial charge >= 0.3 is 6.18 Å². The maximum atomic E-state index is 13.2. The van der Waals surface area contributed by atoms with E-state index in [4.69, 9.17) is 0 Å². The molecule has 8 heteroatoms. The second kappa shape index (κ2) is 7.87. The van der Waals surface area contributed by atoms with Crippen molar-refractivity contribution in [1.29, 1.82) is 0 Å². The van der Waals surface area contributed by atoms with Gasteiger partial charge in [-0.25, -0.2) is 0 Å². The monoisotopic (exact) mass is 424 g/mol. The highest BCUT2D eigenvalue weighted by Gasteiger charge is 2.47. The number of alkyl halides is 3. The predicted octanol–water partition coefficient (Wildman–Crippen LogP) is 3.60. The van der Waals surface area contributed by atoms with E-state index in [0.29, 0.717) is 31.6 Å². The van der Waals surface area contributed by atoms with Gasteiger partial charge in [-0.05, 0) is 68.7 Å². The molecular formula is C22H27F3N2O3. The third kappa shape index (κ3) is 4.19. The Labute approximate surface area is 173 Å². The Balaban J connectivity index is 1.47. The van der Waals surface area contributed by atoms with Crippen molar-refractivity contribution in [2.75, 3.05) is 24.5 Å². The number of fused-ring (bicyclic) bond motifs is 1. The molecular weight excluding hydrogens is 397 g/mol. The summed E-state index contributed by atoms with van der Waals surface area (Å²) in [6.45, 7) is 1.36. The minimum absolute atomic E-state index is 0.0538. The normalized spacial score (nSPS) is 30.4. The molecule has 1 aliphatic carbocycles. The molecule has 2 heterocycles. The lowest BCUT2D eigenvalue weighted by molar-refractivity contribution is -0.143. The fourth-order valence-corrected chi connectivity index (χ4v) is 5.19. The zero-order valence-corrected chi connectivity index (χ0v) is 16.8. The van der Waals surface area contributed by atoms with Crippen molar-refractivity contribution in [3.05, 3.63) is 29.8 Å². The molecule has 3 unspecified atom stereocenters. The third-order valence-electron chi connectivity index (χ3n) is 6.87. The van der Waals surface area contributed by atoms with Crippen LogP contribution >= 0.6 is 0 Å². The summed E-state index contributed by atoms with van der Waals surface area (Å²) >= 11 is 0. The van der Waals surface area contributed by atoms with E-state index in [1.54, 1.807) is 9.80 Å². The number of halogens is 3. The van der Waals surface area contributed by atoms with Crippen molar-refractivity contribution < 1.29 is 27.9 Å². The van der Waals surface area contributed by atoms with E-state index in [2.05, 4.69) is 0 Å². The van der Waals surface area contributed by atoms with Gasteiger partial charge in [0, 0.05) is 37.7 Å². The summed E-state index contributed by atoms with van der Waals surface area (Å²) in [5, 5.41) is 11.2. The molecule has 2 saturated heterocycles. The second-order valence-corrected chi connectivity index (χ2v) is 8.93. The van der Waals surface area contributed by atoms with Crippen molar-refractivity contribution in [3.63, 3.8) is 0 Å². The highest BCUT2D eigenvalue weighted by atomic mass is 19.4. The molecule has 1 N–H and O–H groups in total. The summed E-state index contributed by atoms with van der Waals surface area (Å²) in [5.41, 5.74) is -1.38. The molecule has 1 aromatic rings. The van der Waals surface area contributed by atoms with Gasteiger partial charge < -0.3 is 14.9 Å². The second-order valence-electron chi connectivity index (χ2n) is 8.93. The van der Waals surface area contributed by atoms with Crippen LogP contribution in [0.25, 0.3) is 0 Å². The van der Waals surface area contributed by atoms with Gasteiger partial charge in [0.2, 0.25) is 11.8 Å². The van der Waals surface area contributed by atoms with Gasteiger partial charge in [-0.1, -0.05) is 0 Å². The van der Waals surface area contributed by atoms with E-state index < -0.39 is 17.3 Å². The molecule has 3 atom stereocenters. The molecule has 0 radical (unpaired) electrons. The number of amides is 2. The summed E-state index contributed by atoms with van der Waals surface area (Å²) in [7, 11) is 0. The summed E-state index contributed by atoms with van der Waals surface area (Å²) in [6, 6.07) is 4.66. The van der Waals surface area contributed by atoms with Gasteiger partial charge in [-0.15, -0.1) is 0 Å². The molecule has 2 aliphatic heterocycles. The van der Waals surface area contributed by atoms with Crippen LogP contribution in [0.2, 0.25) is 0 Å². The number of hydrogen-bond donors (Lipinski definition) is 1. The highest BCUT2D eigenvalue weighted by molar-refractivity contribution is 5.96. The van der Waals surface area contributed by atoms with Crippen LogP contribution in [-0.4, -0.2) is 47.1 Å². The number of β-amino-alcohol motifs (C(OH)–C–C–N with tert-alkyl or cyclic N) is 1. The fourth-order valence-electron chi connectivity index (χ4n) is 5.19. The molecule has 0 bridgehead atoms. The van der Waals surface area contributed by atoms with Crippen molar-refractivity contribution >= 4 is 17.5 Å². The number of carbonyl (C=O) groups is 2. The molecule has 0 spiro atoms. The van der Waals surface area contributed by atoms with Gasteiger partial charge in [-0.2, -0.15) is 13.2 Å². The Morgan fingerprint density at radius 3 is 2.47 bits per heavy atom. The van der Waals surface area contributed by atoms with E-state index in [9.17, 15) is 27.9 Å². The number of carbonyl (C=O) groups excluding carboxylic acids is 2. The van der Waals surface area contributed by atoms with Crippen LogP contribution in [0, 0.1) is 11.8 Å². The van der Waals surface area contributed by atoms with Gasteiger partial charge in [0.15, 0.2) is 0 Å². The number of benzene rings is 1. The molecule has 1 aromatic carbocycles. The molecule has 0 aromatic heterocycles. The van der Waals surface area contributed by atoms with Gasteiger partial charge in [0.1, 0.15) is 0 Å². The molecule has 4 rings (SSSR count). The number of likely N-dealkylation sites (tertiary alicyclic amines) is 1. The minimum atomic E-state index is -4.42. The van der Waals surface area contributed by atoms with Crippen LogP contribution in [0.4, 0.5) is 18.9 Å². The van der Waals surface area contributed by atoms with Crippen LogP contribution < -0.4 is 4.90 Å². The van der Waals surface area contributed by atoms with Crippen molar-refractivity contribution in [2.24, 2.45) is 11.8 Å². The van der Waals surface area contributed by atoms with E-state index in [0.717, 1.165) is 37.8 Å². The molecule has 30 heavy (non-hydrogen) atoms. The Kier molecular flexibility index (Phi) is 5.55. The van der Waals surface area contributed by atoms with Gasteiger partial charge in [0.05, 0.1) is 11.2 Å². The quantitative estimate of drug-likeness (QED) is 0.807. The molecule has 3 fully saturated rings. The number of piperidine rings is 2. The summed E-state index contributed by atoms with van der Waals surface area (Å²) in [4.78, 5) is 28.6. The zero-order valence-electron chi connectivity index (χ0n) is 16.8. The van der Waals surface area contributed by atoms with Gasteiger partial charge in [-0.3, -0.25) is 9.59 Å². The topological polar surface area (TPSA) is 60.9 Å². The smallest absolute Gasteiger partial charge is 0.388 e. The maximum Gasteiger partial charge on any atom is 0.416 e. The minimum Gasteiger partial charge on any atom is -0.388 e. The van der Waals surface area contributed by atoms with E-state index in [1.165, 1.54) is 12.1 Å². The van der Waals surface area contributed by atoms with E-state index in [-0.39, 0.29) is 36.6 Å². The Hall–Kier alpha value is -2.09. The first kappa shape index (κ1) is 21.2. The van der Waals surface area contributed by atoms with Crippen molar-refractivity contribution in [3.8, 4) is 0 Å². The lowest BCUT2D eigenvalue weighted by atomic mass is 9.68. The zero-order chi connectivity index (χ0) is 21.5.